The number of anilines is 1. The van der Waals surface area contributed by atoms with E-state index in [-0.39, 0.29) is 18.4 Å². The van der Waals surface area contributed by atoms with Crippen molar-refractivity contribution in [1.82, 2.24) is 5.32 Å². The summed E-state index contributed by atoms with van der Waals surface area (Å²) in [6.07, 6.45) is 0.712. The average molecular weight is 311 g/mol. The molecule has 1 unspecified atom stereocenters. The second-order valence-electron chi connectivity index (χ2n) is 4.04. The smallest absolute Gasteiger partial charge is 0.249 e. The van der Waals surface area contributed by atoms with Crippen molar-refractivity contribution >= 4 is 39.7 Å². The van der Waals surface area contributed by atoms with Crippen LogP contribution in [0.3, 0.4) is 0 Å². The molecule has 1 atom stereocenters. The summed E-state index contributed by atoms with van der Waals surface area (Å²) in [5.74, 6) is -0.719. The molecule has 6 heteroatoms. The van der Waals surface area contributed by atoms with Gasteiger partial charge >= 0.3 is 0 Å². The number of hydrogen-bond donors (Lipinski definition) is 1. The van der Waals surface area contributed by atoms with Crippen LogP contribution >= 0.6 is 15.9 Å². The molecule has 1 aromatic carbocycles. The zero-order chi connectivity index (χ0) is 13.3. The predicted octanol–water partition coefficient (Wildman–Crippen LogP) is 1.11. The lowest BCUT2D eigenvalue weighted by Crippen LogP contribution is -2.57. The van der Waals surface area contributed by atoms with Gasteiger partial charge in [0.2, 0.25) is 11.8 Å². The van der Waals surface area contributed by atoms with Crippen LogP contribution in [0.25, 0.3) is 0 Å². The number of imide groups is 1. The molecule has 2 rings (SSSR count). The maximum atomic E-state index is 11.6. The van der Waals surface area contributed by atoms with Gasteiger partial charge in [-0.1, -0.05) is 15.9 Å². The van der Waals surface area contributed by atoms with Crippen molar-refractivity contribution in [2.75, 3.05) is 11.4 Å². The Bertz CT molecular complexity index is 530. The van der Waals surface area contributed by atoms with Crippen molar-refractivity contribution in [3.63, 3.8) is 0 Å². The van der Waals surface area contributed by atoms with Gasteiger partial charge in [-0.05, 0) is 25.1 Å². The zero-order valence-electron chi connectivity index (χ0n) is 9.64. The van der Waals surface area contributed by atoms with Gasteiger partial charge < -0.3 is 4.90 Å². The fourth-order valence-corrected chi connectivity index (χ4v) is 2.27. The summed E-state index contributed by atoms with van der Waals surface area (Å²) in [6.45, 7) is 1.76. The van der Waals surface area contributed by atoms with Crippen LogP contribution in [0.2, 0.25) is 0 Å². The Labute approximate surface area is 112 Å². The molecule has 1 aromatic rings. The van der Waals surface area contributed by atoms with Crippen molar-refractivity contribution in [1.29, 1.82) is 0 Å². The Morgan fingerprint density at radius 2 is 2.17 bits per heavy atom. The molecular weight excluding hydrogens is 300 g/mol. The lowest BCUT2D eigenvalue weighted by atomic mass is 10.1. The Morgan fingerprint density at radius 1 is 1.44 bits per heavy atom. The van der Waals surface area contributed by atoms with E-state index in [9.17, 15) is 14.4 Å². The number of rotatable bonds is 2. The number of aldehydes is 1. The van der Waals surface area contributed by atoms with Gasteiger partial charge in [0.05, 0.1) is 6.54 Å². The molecule has 1 aliphatic heterocycles. The molecular formula is C12H11BrN2O3. The number of carbonyl (C=O) groups is 3. The maximum absolute atomic E-state index is 11.6. The molecule has 94 valence electrons. The van der Waals surface area contributed by atoms with E-state index in [4.69, 9.17) is 0 Å². The highest BCUT2D eigenvalue weighted by molar-refractivity contribution is 9.10. The lowest BCUT2D eigenvalue weighted by molar-refractivity contribution is -0.132. The molecule has 1 heterocycles. The summed E-state index contributed by atoms with van der Waals surface area (Å²) in [5, 5.41) is 2.26. The zero-order valence-corrected chi connectivity index (χ0v) is 11.2. The Morgan fingerprint density at radius 3 is 2.83 bits per heavy atom. The van der Waals surface area contributed by atoms with Gasteiger partial charge in [-0.3, -0.25) is 19.7 Å². The van der Waals surface area contributed by atoms with Gasteiger partial charge in [-0.2, -0.15) is 0 Å². The highest BCUT2D eigenvalue weighted by Gasteiger charge is 2.31. The summed E-state index contributed by atoms with van der Waals surface area (Å²) in [6, 6.07) is 4.66. The molecule has 1 fully saturated rings. The monoisotopic (exact) mass is 310 g/mol. The third-order valence-corrected chi connectivity index (χ3v) is 3.34. The third-order valence-electron chi connectivity index (χ3n) is 2.85. The van der Waals surface area contributed by atoms with Crippen LogP contribution in [0.5, 0.6) is 0 Å². The SMILES string of the molecule is CC1C(=O)NC(=O)CN1c1ccc(Br)cc1C=O. The molecule has 0 saturated carbocycles. The average Bonchev–Trinajstić information content (AvgIpc) is 2.34. The van der Waals surface area contributed by atoms with Gasteiger partial charge in [-0.15, -0.1) is 0 Å². The molecule has 1 saturated heterocycles. The van der Waals surface area contributed by atoms with Crippen LogP contribution in [0.15, 0.2) is 22.7 Å². The van der Waals surface area contributed by atoms with Crippen LogP contribution in [0, 0.1) is 0 Å². The van der Waals surface area contributed by atoms with E-state index in [1.807, 2.05) is 0 Å². The van der Waals surface area contributed by atoms with Gasteiger partial charge in [0, 0.05) is 15.7 Å². The summed E-state index contributed by atoms with van der Waals surface area (Å²) >= 11 is 3.28. The van der Waals surface area contributed by atoms with Crippen molar-refractivity contribution in [3.8, 4) is 0 Å². The van der Waals surface area contributed by atoms with Crippen LogP contribution in [0.1, 0.15) is 17.3 Å². The first-order valence-electron chi connectivity index (χ1n) is 5.38. The fraction of sp³-hybridized carbons (Fsp3) is 0.250. The van der Waals surface area contributed by atoms with E-state index in [2.05, 4.69) is 21.2 Å². The van der Waals surface area contributed by atoms with E-state index < -0.39 is 6.04 Å². The minimum Gasteiger partial charge on any atom is -0.350 e. The van der Waals surface area contributed by atoms with E-state index in [1.165, 1.54) is 0 Å². The van der Waals surface area contributed by atoms with Crippen molar-refractivity contribution < 1.29 is 14.4 Å². The molecule has 1 aliphatic rings. The number of benzene rings is 1. The van der Waals surface area contributed by atoms with Crippen molar-refractivity contribution in [2.24, 2.45) is 0 Å². The van der Waals surface area contributed by atoms with E-state index in [0.29, 0.717) is 17.5 Å². The second-order valence-corrected chi connectivity index (χ2v) is 4.95. The Kier molecular flexibility index (Phi) is 3.47. The van der Waals surface area contributed by atoms with Gasteiger partial charge in [0.15, 0.2) is 6.29 Å². The molecule has 0 bridgehead atoms. The summed E-state index contributed by atoms with van der Waals surface area (Å²) in [7, 11) is 0. The third kappa shape index (κ3) is 2.28. The van der Waals surface area contributed by atoms with Crippen LogP contribution in [0.4, 0.5) is 5.69 Å². The highest BCUT2D eigenvalue weighted by atomic mass is 79.9. The maximum Gasteiger partial charge on any atom is 0.249 e. The second kappa shape index (κ2) is 4.89. The fourth-order valence-electron chi connectivity index (χ4n) is 1.89. The first-order valence-corrected chi connectivity index (χ1v) is 6.17. The molecule has 2 amide bonds. The molecule has 18 heavy (non-hydrogen) atoms. The van der Waals surface area contributed by atoms with Crippen LogP contribution in [-0.4, -0.2) is 30.7 Å². The summed E-state index contributed by atoms with van der Waals surface area (Å²) < 4.78 is 0.772. The van der Waals surface area contributed by atoms with Crippen LogP contribution < -0.4 is 10.2 Å². The van der Waals surface area contributed by atoms with Gasteiger partial charge in [0.25, 0.3) is 0 Å². The number of nitrogens with one attached hydrogen (secondary N) is 1. The first kappa shape index (κ1) is 12.8. The molecule has 5 nitrogen and oxygen atoms in total. The largest absolute Gasteiger partial charge is 0.350 e. The number of halogens is 1. The number of nitrogens with zero attached hydrogens (tertiary/aromatic N) is 1. The number of hydrogen-bond acceptors (Lipinski definition) is 4. The Hall–Kier alpha value is -1.69. The molecule has 1 N–H and O–H groups in total. The minimum atomic E-state index is -0.484. The minimum absolute atomic E-state index is 0.0649. The summed E-state index contributed by atoms with van der Waals surface area (Å²) in [5.41, 5.74) is 1.03. The Balaban J connectivity index is 2.43. The first-order chi connectivity index (χ1) is 8.52. The normalized spacial score (nSPS) is 19.7. The standard InChI is InChI=1S/C12H11BrN2O3/c1-7-12(18)14-11(17)5-15(7)10-3-2-9(13)4-8(10)6-16/h2-4,6-7H,5H2,1H3,(H,14,17,18). The van der Waals surface area contributed by atoms with Crippen molar-refractivity contribution in [3.05, 3.63) is 28.2 Å². The van der Waals surface area contributed by atoms with Crippen molar-refractivity contribution in [2.45, 2.75) is 13.0 Å². The molecule has 0 radical (unpaired) electrons. The topological polar surface area (TPSA) is 66.5 Å². The predicted molar refractivity (Wildman–Crippen MR) is 69.5 cm³/mol. The van der Waals surface area contributed by atoms with Gasteiger partial charge in [-0.25, -0.2) is 0 Å². The number of amides is 2. The number of carbonyl (C=O) groups excluding carboxylic acids is 3. The number of piperazine rings is 1. The van der Waals surface area contributed by atoms with E-state index >= 15 is 0 Å². The van der Waals surface area contributed by atoms with Crippen LogP contribution in [-0.2, 0) is 9.59 Å². The molecule has 0 aliphatic carbocycles. The molecule has 0 aromatic heterocycles. The lowest BCUT2D eigenvalue weighted by Gasteiger charge is -2.34. The molecule has 0 spiro atoms. The van der Waals surface area contributed by atoms with E-state index in [0.717, 1.165) is 4.47 Å². The van der Waals surface area contributed by atoms with E-state index in [1.54, 1.807) is 30.0 Å². The highest BCUT2D eigenvalue weighted by Crippen LogP contribution is 2.26. The van der Waals surface area contributed by atoms with Gasteiger partial charge in [0.1, 0.15) is 6.04 Å². The quantitative estimate of drug-likeness (QED) is 0.656. The summed E-state index contributed by atoms with van der Waals surface area (Å²) in [4.78, 5) is 35.7.